The van der Waals surface area contributed by atoms with Crippen LogP contribution in [-0.4, -0.2) is 0 Å². The van der Waals surface area contributed by atoms with E-state index in [9.17, 15) is 0 Å². The lowest BCUT2D eigenvalue weighted by Gasteiger charge is -2.15. The lowest BCUT2D eigenvalue weighted by Crippen LogP contribution is -2.01. The predicted octanol–water partition coefficient (Wildman–Crippen LogP) is 2.73. The molecule has 12 heavy (non-hydrogen) atoms. The molecule has 1 radical (unpaired) electrons. The predicted molar refractivity (Wildman–Crippen MR) is 48.8 cm³/mol. The minimum atomic E-state index is 0.989. The average molecular weight is 159 g/mol. The largest absolute Gasteiger partial charge is 0.465 e. The van der Waals surface area contributed by atoms with Crippen LogP contribution in [0.4, 0.5) is 0 Å². The summed E-state index contributed by atoms with van der Waals surface area (Å²) in [6.07, 6.45) is 4.89. The topological polar surface area (TPSA) is 9.23 Å². The summed E-state index contributed by atoms with van der Waals surface area (Å²) < 4.78 is 5.43. The fourth-order valence-corrected chi connectivity index (χ4v) is 1.34. The first kappa shape index (κ1) is 7.41. The lowest BCUT2D eigenvalue weighted by atomic mass is 10.0. The molecule has 1 nitrogen and oxygen atoms in total. The van der Waals surface area contributed by atoms with Crippen LogP contribution in [0.1, 0.15) is 12.5 Å². The molecule has 0 saturated carbocycles. The molecular weight excluding hydrogens is 148 g/mol. The fraction of sp³-hybridized carbons (Fsp3) is 0.182. The summed E-state index contributed by atoms with van der Waals surface area (Å²) in [6.45, 7) is 2.03. The van der Waals surface area contributed by atoms with Crippen molar-refractivity contribution < 1.29 is 4.74 Å². The van der Waals surface area contributed by atoms with Gasteiger partial charge in [0, 0.05) is 6.42 Å². The standard InChI is InChI=1S/C11H11O/c1-2-9-7-10-5-3-4-6-11(10)12-8-9/h2-6,8H,7H2,1H3. The van der Waals surface area contributed by atoms with Crippen LogP contribution in [0.15, 0.2) is 36.1 Å². The van der Waals surface area contributed by atoms with Gasteiger partial charge in [-0.05, 0) is 23.6 Å². The van der Waals surface area contributed by atoms with E-state index < -0.39 is 0 Å². The van der Waals surface area contributed by atoms with Gasteiger partial charge in [0.2, 0.25) is 0 Å². The molecule has 0 unspecified atom stereocenters. The summed E-state index contributed by atoms with van der Waals surface area (Å²) in [5.41, 5.74) is 2.52. The van der Waals surface area contributed by atoms with Crippen LogP contribution < -0.4 is 4.74 Å². The molecule has 0 spiro atoms. The summed E-state index contributed by atoms with van der Waals surface area (Å²) >= 11 is 0. The van der Waals surface area contributed by atoms with Crippen molar-refractivity contribution in [3.8, 4) is 5.75 Å². The number of allylic oxidation sites excluding steroid dienone is 1. The molecule has 0 saturated heterocycles. The second-order valence-electron chi connectivity index (χ2n) is 2.88. The van der Waals surface area contributed by atoms with Gasteiger partial charge in [-0.3, -0.25) is 0 Å². The maximum atomic E-state index is 5.43. The van der Waals surface area contributed by atoms with E-state index in [4.69, 9.17) is 4.74 Å². The zero-order chi connectivity index (χ0) is 8.39. The van der Waals surface area contributed by atoms with E-state index in [0.717, 1.165) is 12.2 Å². The number of hydrogen-bond donors (Lipinski definition) is 0. The Kier molecular flexibility index (Phi) is 1.86. The highest BCUT2D eigenvalue weighted by Crippen LogP contribution is 2.26. The number of rotatable bonds is 1. The number of ether oxygens (including phenoxy) is 1. The lowest BCUT2D eigenvalue weighted by molar-refractivity contribution is 0.458. The first-order chi connectivity index (χ1) is 5.90. The first-order valence-corrected chi connectivity index (χ1v) is 4.13. The first-order valence-electron chi connectivity index (χ1n) is 4.13. The van der Waals surface area contributed by atoms with Crippen molar-refractivity contribution in [2.75, 3.05) is 0 Å². The van der Waals surface area contributed by atoms with Crippen molar-refractivity contribution in [1.82, 2.24) is 0 Å². The maximum Gasteiger partial charge on any atom is 0.130 e. The molecule has 0 N–H and O–H groups in total. The Hall–Kier alpha value is -1.24. The number of benzene rings is 1. The summed E-state index contributed by atoms with van der Waals surface area (Å²) in [5, 5.41) is 0. The molecule has 1 aromatic carbocycles. The van der Waals surface area contributed by atoms with Crippen molar-refractivity contribution in [3.63, 3.8) is 0 Å². The Labute approximate surface area is 72.7 Å². The molecule has 0 bridgehead atoms. The van der Waals surface area contributed by atoms with Crippen LogP contribution in [0.3, 0.4) is 0 Å². The van der Waals surface area contributed by atoms with Gasteiger partial charge in [0.05, 0.1) is 6.26 Å². The smallest absolute Gasteiger partial charge is 0.130 e. The Morgan fingerprint density at radius 2 is 2.17 bits per heavy atom. The molecular formula is C11H11O. The third kappa shape index (κ3) is 1.22. The van der Waals surface area contributed by atoms with Crippen LogP contribution in [0.2, 0.25) is 0 Å². The number of fused-ring (bicyclic) bond motifs is 1. The molecule has 0 amide bonds. The monoisotopic (exact) mass is 159 g/mol. The molecule has 1 aliphatic heterocycles. The summed E-state index contributed by atoms with van der Waals surface area (Å²) in [4.78, 5) is 0. The molecule has 61 valence electrons. The van der Waals surface area contributed by atoms with E-state index in [2.05, 4.69) is 12.5 Å². The Morgan fingerprint density at radius 3 is 3.00 bits per heavy atom. The minimum absolute atomic E-state index is 0.989. The number of hydrogen-bond acceptors (Lipinski definition) is 1. The van der Waals surface area contributed by atoms with Gasteiger partial charge in [0.15, 0.2) is 0 Å². The van der Waals surface area contributed by atoms with E-state index in [0.29, 0.717) is 0 Å². The van der Waals surface area contributed by atoms with Crippen LogP contribution in [-0.2, 0) is 6.42 Å². The zero-order valence-corrected chi connectivity index (χ0v) is 7.08. The van der Waals surface area contributed by atoms with Crippen LogP contribution in [0, 0.1) is 6.42 Å². The fourth-order valence-electron chi connectivity index (χ4n) is 1.34. The molecule has 0 atom stereocenters. The average Bonchev–Trinajstić information content (AvgIpc) is 2.17. The molecule has 1 aliphatic rings. The molecule has 1 heterocycles. The third-order valence-electron chi connectivity index (χ3n) is 2.08. The van der Waals surface area contributed by atoms with Crippen molar-refractivity contribution in [2.45, 2.75) is 13.3 Å². The maximum absolute atomic E-state index is 5.43. The highest BCUT2D eigenvalue weighted by molar-refractivity contribution is 5.40. The van der Waals surface area contributed by atoms with E-state index in [1.165, 1.54) is 11.1 Å². The highest BCUT2D eigenvalue weighted by Gasteiger charge is 2.09. The SMILES string of the molecule is C[CH]C1=COc2ccccc2C1. The quantitative estimate of drug-likeness (QED) is 0.612. The van der Waals surface area contributed by atoms with Crippen molar-refractivity contribution >= 4 is 0 Å². The van der Waals surface area contributed by atoms with Gasteiger partial charge in [-0.25, -0.2) is 0 Å². The van der Waals surface area contributed by atoms with Gasteiger partial charge >= 0.3 is 0 Å². The molecule has 1 aromatic rings. The Bertz CT molecular complexity index is 313. The Balaban J connectivity index is 2.31. The highest BCUT2D eigenvalue weighted by atomic mass is 16.5. The van der Waals surface area contributed by atoms with Gasteiger partial charge < -0.3 is 4.74 Å². The normalized spacial score (nSPS) is 14.6. The van der Waals surface area contributed by atoms with Gasteiger partial charge in [-0.1, -0.05) is 25.1 Å². The Morgan fingerprint density at radius 1 is 1.33 bits per heavy atom. The number of para-hydroxylation sites is 1. The van der Waals surface area contributed by atoms with Crippen molar-refractivity contribution in [3.05, 3.63) is 48.1 Å². The summed E-state index contributed by atoms with van der Waals surface area (Å²) in [7, 11) is 0. The van der Waals surface area contributed by atoms with Gasteiger partial charge in [-0.15, -0.1) is 0 Å². The van der Waals surface area contributed by atoms with E-state index >= 15 is 0 Å². The molecule has 1 heteroatoms. The minimum Gasteiger partial charge on any atom is -0.465 e. The zero-order valence-electron chi connectivity index (χ0n) is 7.08. The second kappa shape index (κ2) is 3.02. The van der Waals surface area contributed by atoms with Crippen LogP contribution >= 0.6 is 0 Å². The van der Waals surface area contributed by atoms with Crippen LogP contribution in [0.5, 0.6) is 5.75 Å². The summed E-state index contributed by atoms with van der Waals surface area (Å²) in [5.74, 6) is 0.989. The molecule has 0 aliphatic carbocycles. The third-order valence-corrected chi connectivity index (χ3v) is 2.08. The van der Waals surface area contributed by atoms with Gasteiger partial charge in [0.1, 0.15) is 5.75 Å². The van der Waals surface area contributed by atoms with Gasteiger partial charge in [-0.2, -0.15) is 0 Å². The summed E-state index contributed by atoms with van der Waals surface area (Å²) in [6, 6.07) is 8.14. The van der Waals surface area contributed by atoms with E-state index in [1.807, 2.05) is 31.4 Å². The van der Waals surface area contributed by atoms with Crippen molar-refractivity contribution in [1.29, 1.82) is 0 Å². The molecule has 0 fully saturated rings. The molecule has 0 aromatic heterocycles. The van der Waals surface area contributed by atoms with Crippen LogP contribution in [0.25, 0.3) is 0 Å². The van der Waals surface area contributed by atoms with Crippen molar-refractivity contribution in [2.24, 2.45) is 0 Å². The second-order valence-corrected chi connectivity index (χ2v) is 2.88. The van der Waals surface area contributed by atoms with E-state index in [-0.39, 0.29) is 0 Å². The molecule has 2 rings (SSSR count). The van der Waals surface area contributed by atoms with E-state index in [1.54, 1.807) is 0 Å². The van der Waals surface area contributed by atoms with Gasteiger partial charge in [0.25, 0.3) is 0 Å².